The molecular formula is C34H32N2O3. The molecule has 0 bridgehead atoms. The van der Waals surface area contributed by atoms with Crippen LogP contribution < -0.4 is 5.32 Å². The highest BCUT2D eigenvalue weighted by Crippen LogP contribution is 2.26. The molecule has 5 nitrogen and oxygen atoms in total. The molecule has 196 valence electrons. The minimum absolute atomic E-state index is 0.0105. The van der Waals surface area contributed by atoms with Gasteiger partial charge in [0.05, 0.1) is 17.2 Å². The molecule has 0 saturated carbocycles. The lowest BCUT2D eigenvalue weighted by molar-refractivity contribution is -0.121. The number of unbranched alkanes of at least 4 members (excludes halogenated alkanes) is 3. The van der Waals surface area contributed by atoms with Crippen molar-refractivity contribution in [2.75, 3.05) is 6.54 Å². The number of hydrogen-bond acceptors (Lipinski definition) is 3. The van der Waals surface area contributed by atoms with Crippen molar-refractivity contribution in [3.8, 4) is 11.1 Å². The summed E-state index contributed by atoms with van der Waals surface area (Å²) in [5, 5.41) is 3.23. The van der Waals surface area contributed by atoms with E-state index < -0.39 is 0 Å². The molecule has 1 heterocycles. The molecule has 0 spiro atoms. The molecule has 1 aliphatic rings. The molecule has 1 N–H and O–H groups in total. The number of nitrogens with one attached hydrogen (secondary N) is 1. The first kappa shape index (κ1) is 26.1. The second-order valence-electron chi connectivity index (χ2n) is 9.87. The molecule has 3 amide bonds. The molecule has 0 aliphatic carbocycles. The van der Waals surface area contributed by atoms with Gasteiger partial charge in [0.25, 0.3) is 11.8 Å². The molecule has 39 heavy (non-hydrogen) atoms. The van der Waals surface area contributed by atoms with E-state index in [0.29, 0.717) is 24.1 Å². The normalized spacial score (nSPS) is 13.3. The standard InChI is InChI=1S/C34H32N2O3/c37-31(19-9-1-2-12-24-36-33(38)29-17-10-11-18-30(29)34(36)39)35-32(27-15-7-4-8-16-27)28-22-20-26(21-23-28)25-13-5-3-6-14-25/h3-8,10-11,13-18,20-23,32H,1-2,9,12,19,24H2,(H,35,37)/t32-/m1/s1. The van der Waals surface area contributed by atoms with E-state index in [0.717, 1.165) is 47.9 Å². The van der Waals surface area contributed by atoms with Crippen LogP contribution in [0.4, 0.5) is 0 Å². The maximum Gasteiger partial charge on any atom is 0.261 e. The Hall–Kier alpha value is -4.51. The van der Waals surface area contributed by atoms with Gasteiger partial charge >= 0.3 is 0 Å². The van der Waals surface area contributed by atoms with E-state index in [-0.39, 0.29) is 23.8 Å². The molecule has 4 aromatic rings. The molecule has 0 saturated heterocycles. The van der Waals surface area contributed by atoms with E-state index >= 15 is 0 Å². The van der Waals surface area contributed by atoms with Gasteiger partial charge in [-0.05, 0) is 47.2 Å². The Morgan fingerprint density at radius 1 is 0.590 bits per heavy atom. The predicted molar refractivity (Wildman–Crippen MR) is 153 cm³/mol. The minimum Gasteiger partial charge on any atom is -0.345 e. The first-order valence-electron chi connectivity index (χ1n) is 13.6. The van der Waals surface area contributed by atoms with Gasteiger partial charge in [-0.25, -0.2) is 0 Å². The van der Waals surface area contributed by atoms with Crippen LogP contribution >= 0.6 is 0 Å². The van der Waals surface area contributed by atoms with Crippen LogP contribution in [0.15, 0.2) is 109 Å². The van der Waals surface area contributed by atoms with Crippen molar-refractivity contribution < 1.29 is 14.4 Å². The van der Waals surface area contributed by atoms with Gasteiger partial charge in [-0.3, -0.25) is 19.3 Å². The molecule has 1 aliphatic heterocycles. The number of benzene rings is 4. The number of rotatable bonds is 11. The molecule has 4 aromatic carbocycles. The van der Waals surface area contributed by atoms with Crippen molar-refractivity contribution >= 4 is 17.7 Å². The summed E-state index contributed by atoms with van der Waals surface area (Å²) in [5.41, 5.74) is 5.35. The summed E-state index contributed by atoms with van der Waals surface area (Å²) >= 11 is 0. The van der Waals surface area contributed by atoms with Crippen LogP contribution in [0.1, 0.15) is 70.0 Å². The summed E-state index contributed by atoms with van der Waals surface area (Å²) in [6, 6.07) is 35.4. The van der Waals surface area contributed by atoms with Gasteiger partial charge in [-0.2, -0.15) is 0 Å². The first-order chi connectivity index (χ1) is 19.1. The number of amides is 3. The average Bonchev–Trinajstić information content (AvgIpc) is 3.23. The second kappa shape index (κ2) is 12.4. The average molecular weight is 517 g/mol. The SMILES string of the molecule is O=C(CCCCCCN1C(=O)c2ccccc2C1=O)N[C@H](c1ccccc1)c1ccc(-c2ccccc2)cc1. The zero-order valence-electron chi connectivity index (χ0n) is 21.9. The highest BCUT2D eigenvalue weighted by molar-refractivity contribution is 6.21. The van der Waals surface area contributed by atoms with Crippen LogP contribution in [0.5, 0.6) is 0 Å². The fourth-order valence-corrected chi connectivity index (χ4v) is 5.09. The highest BCUT2D eigenvalue weighted by atomic mass is 16.2. The number of nitrogens with zero attached hydrogens (tertiary/aromatic N) is 1. The van der Waals surface area contributed by atoms with E-state index in [1.807, 2.05) is 48.5 Å². The van der Waals surface area contributed by atoms with E-state index in [9.17, 15) is 14.4 Å². The predicted octanol–water partition coefficient (Wildman–Crippen LogP) is 6.81. The van der Waals surface area contributed by atoms with Crippen LogP contribution in [0, 0.1) is 0 Å². The van der Waals surface area contributed by atoms with Crippen molar-refractivity contribution in [1.29, 1.82) is 0 Å². The topological polar surface area (TPSA) is 66.5 Å². The Labute approximate surface area is 229 Å². The number of carbonyl (C=O) groups excluding carboxylic acids is 3. The van der Waals surface area contributed by atoms with Crippen molar-refractivity contribution in [3.63, 3.8) is 0 Å². The van der Waals surface area contributed by atoms with Crippen LogP contribution in [0.3, 0.4) is 0 Å². The largest absolute Gasteiger partial charge is 0.345 e. The lowest BCUT2D eigenvalue weighted by atomic mass is 9.96. The third kappa shape index (κ3) is 6.15. The summed E-state index contributed by atoms with van der Waals surface area (Å²) < 4.78 is 0. The van der Waals surface area contributed by atoms with Gasteiger partial charge in [0.1, 0.15) is 0 Å². The van der Waals surface area contributed by atoms with Gasteiger partial charge in [0.2, 0.25) is 5.91 Å². The molecular weight excluding hydrogens is 484 g/mol. The van der Waals surface area contributed by atoms with Gasteiger partial charge in [-0.15, -0.1) is 0 Å². The lowest BCUT2D eigenvalue weighted by Crippen LogP contribution is -2.30. The maximum absolute atomic E-state index is 12.9. The number of fused-ring (bicyclic) bond motifs is 1. The second-order valence-corrected chi connectivity index (χ2v) is 9.87. The summed E-state index contributed by atoms with van der Waals surface area (Å²) in [5.74, 6) is -0.409. The maximum atomic E-state index is 12.9. The molecule has 0 radical (unpaired) electrons. The quantitative estimate of drug-likeness (QED) is 0.176. The fraction of sp³-hybridized carbons (Fsp3) is 0.206. The summed E-state index contributed by atoms with van der Waals surface area (Å²) in [6.07, 6.45) is 3.62. The van der Waals surface area contributed by atoms with Crippen molar-refractivity contribution in [1.82, 2.24) is 10.2 Å². The Kier molecular flexibility index (Phi) is 8.27. The summed E-state index contributed by atoms with van der Waals surface area (Å²) in [4.78, 5) is 39.3. The molecule has 0 fully saturated rings. The minimum atomic E-state index is -0.225. The molecule has 5 heteroatoms. The zero-order chi connectivity index (χ0) is 27.0. The summed E-state index contributed by atoms with van der Waals surface area (Å²) in [6.45, 7) is 0.410. The molecule has 5 rings (SSSR count). The monoisotopic (exact) mass is 516 g/mol. The third-order valence-electron chi connectivity index (χ3n) is 7.20. The Morgan fingerprint density at radius 2 is 1.10 bits per heavy atom. The van der Waals surface area contributed by atoms with E-state index in [4.69, 9.17) is 0 Å². The van der Waals surface area contributed by atoms with Crippen LogP contribution in [0.2, 0.25) is 0 Å². The van der Waals surface area contributed by atoms with E-state index in [1.165, 1.54) is 4.90 Å². The number of imide groups is 1. The van der Waals surface area contributed by atoms with Gasteiger partial charge in [-0.1, -0.05) is 110 Å². The first-order valence-corrected chi connectivity index (χ1v) is 13.6. The summed E-state index contributed by atoms with van der Waals surface area (Å²) in [7, 11) is 0. The fourth-order valence-electron chi connectivity index (χ4n) is 5.09. The van der Waals surface area contributed by atoms with Crippen LogP contribution in [-0.2, 0) is 4.79 Å². The van der Waals surface area contributed by atoms with Crippen LogP contribution in [-0.4, -0.2) is 29.2 Å². The number of hydrogen-bond donors (Lipinski definition) is 1. The van der Waals surface area contributed by atoms with E-state index in [1.54, 1.807) is 24.3 Å². The van der Waals surface area contributed by atoms with Crippen molar-refractivity contribution in [2.45, 2.75) is 38.1 Å². The number of carbonyl (C=O) groups is 3. The Bertz CT molecular complexity index is 1400. The van der Waals surface area contributed by atoms with Crippen molar-refractivity contribution in [2.24, 2.45) is 0 Å². The molecule has 1 atom stereocenters. The van der Waals surface area contributed by atoms with E-state index in [2.05, 4.69) is 41.7 Å². The Balaban J connectivity index is 1.12. The molecule has 0 unspecified atom stereocenters. The smallest absolute Gasteiger partial charge is 0.261 e. The van der Waals surface area contributed by atoms with Crippen molar-refractivity contribution in [3.05, 3.63) is 131 Å². The highest BCUT2D eigenvalue weighted by Gasteiger charge is 2.34. The Morgan fingerprint density at radius 3 is 1.74 bits per heavy atom. The third-order valence-corrected chi connectivity index (χ3v) is 7.20. The van der Waals surface area contributed by atoms with Gasteiger partial charge in [0, 0.05) is 13.0 Å². The van der Waals surface area contributed by atoms with Gasteiger partial charge < -0.3 is 5.32 Å². The molecule has 0 aromatic heterocycles. The lowest BCUT2D eigenvalue weighted by Gasteiger charge is -2.20. The van der Waals surface area contributed by atoms with Crippen LogP contribution in [0.25, 0.3) is 11.1 Å². The van der Waals surface area contributed by atoms with Gasteiger partial charge in [0.15, 0.2) is 0 Å². The zero-order valence-corrected chi connectivity index (χ0v) is 21.9.